The summed E-state index contributed by atoms with van der Waals surface area (Å²) < 4.78 is 59.5. The summed E-state index contributed by atoms with van der Waals surface area (Å²) in [5, 5.41) is 94.2. The molecule has 0 unspecified atom stereocenters. The molecule has 0 bridgehead atoms. The van der Waals surface area contributed by atoms with E-state index in [9.17, 15) is 46.0 Å². The number of anilines is 2. The molecular formula is C54H71N12O12P. The number of nitrogens with two attached hydrogens (primary N) is 2. The summed E-state index contributed by atoms with van der Waals surface area (Å²) in [7, 11) is -5.00. The van der Waals surface area contributed by atoms with Gasteiger partial charge in [-0.1, -0.05) is 103 Å². The highest BCUT2D eigenvalue weighted by Gasteiger charge is 2.59. The predicted molar refractivity (Wildman–Crippen MR) is 283 cm³/mol. The number of nitrogens with zero attached hydrogens (tertiary/aromatic N) is 10. The summed E-state index contributed by atoms with van der Waals surface area (Å²) in [4.78, 5) is 7.90. The largest absolute Gasteiger partial charge is 0.475 e. The van der Waals surface area contributed by atoms with Crippen molar-refractivity contribution >= 4 is 30.5 Å². The van der Waals surface area contributed by atoms with Crippen LogP contribution in [0.2, 0.25) is 0 Å². The average Bonchev–Trinajstić information content (AvgIpc) is 4.44. The molecule has 0 radical (unpaired) electrons. The smallest absolute Gasteiger partial charge is 0.387 e. The van der Waals surface area contributed by atoms with Crippen LogP contribution >= 0.6 is 7.82 Å². The molecule has 1 aromatic carbocycles. The van der Waals surface area contributed by atoms with Crippen molar-refractivity contribution in [3.8, 4) is 24.3 Å². The van der Waals surface area contributed by atoms with Crippen molar-refractivity contribution in [2.45, 2.75) is 170 Å². The van der Waals surface area contributed by atoms with Crippen LogP contribution in [0.25, 0.3) is 11.0 Å². The molecule has 7 rings (SSSR count). The quantitative estimate of drug-likeness (QED) is 0.0205. The van der Waals surface area contributed by atoms with Crippen LogP contribution in [0.1, 0.15) is 138 Å². The number of phosphoric ester groups is 1. The van der Waals surface area contributed by atoms with Crippen LogP contribution in [-0.2, 0) is 54.9 Å². The van der Waals surface area contributed by atoms with Gasteiger partial charge in [0.25, 0.3) is 0 Å². The molecular weight excluding hydrogens is 1040 g/mol. The van der Waals surface area contributed by atoms with E-state index < -0.39 is 81.6 Å². The molecule has 25 heteroatoms. The SMILES string of the molecule is CCCCCCCCCCCCCCCCCCOC[C@H](COP(=O)(OC[C@H]1O[C@@](C#N)(c2ccc3c(N)ncnn23)[C@H](O)[C@@H]1O)OC[C@H]1O[C@@](C#N)(c2ccc3c(N)ncnn23)[C@H](O)[C@@H]1O)OCc1cc(C#N)cc(C#N)c1. The number of nitrogen functional groups attached to an aromatic ring is 2. The zero-order valence-corrected chi connectivity index (χ0v) is 45.3. The summed E-state index contributed by atoms with van der Waals surface area (Å²) in [5.74, 6) is 0.119. The highest BCUT2D eigenvalue weighted by atomic mass is 31.2. The second-order valence-electron chi connectivity index (χ2n) is 20.0. The van der Waals surface area contributed by atoms with Crippen molar-refractivity contribution in [3.63, 3.8) is 0 Å². The number of phosphoric acid groups is 1. The lowest BCUT2D eigenvalue weighted by Crippen LogP contribution is -2.41. The van der Waals surface area contributed by atoms with Crippen molar-refractivity contribution in [1.82, 2.24) is 29.2 Å². The van der Waals surface area contributed by atoms with Crippen LogP contribution < -0.4 is 11.5 Å². The van der Waals surface area contributed by atoms with Gasteiger partial charge in [0.2, 0.25) is 11.2 Å². The Labute approximate surface area is 458 Å². The Kier molecular flexibility index (Phi) is 22.0. The van der Waals surface area contributed by atoms with Crippen molar-refractivity contribution in [1.29, 1.82) is 21.0 Å². The van der Waals surface area contributed by atoms with Gasteiger partial charge < -0.3 is 50.8 Å². The average molecular weight is 1110 g/mol. The monoisotopic (exact) mass is 1110 g/mol. The third-order valence-corrected chi connectivity index (χ3v) is 15.8. The molecule has 24 nitrogen and oxygen atoms in total. The highest BCUT2D eigenvalue weighted by Crippen LogP contribution is 2.52. The van der Waals surface area contributed by atoms with Crippen molar-refractivity contribution in [2.75, 3.05) is 44.5 Å². The van der Waals surface area contributed by atoms with Crippen LogP contribution in [0.15, 0.2) is 55.1 Å². The zero-order valence-electron chi connectivity index (χ0n) is 44.4. The predicted octanol–water partition coefficient (Wildman–Crippen LogP) is 6.08. The fourth-order valence-electron chi connectivity index (χ4n) is 9.95. The topological polar surface area (TPSA) is 370 Å². The van der Waals surface area contributed by atoms with E-state index >= 15 is 0 Å². The number of fused-ring (bicyclic) bond motifs is 2. The van der Waals surface area contributed by atoms with Crippen molar-refractivity contribution in [3.05, 3.63) is 83.2 Å². The minimum Gasteiger partial charge on any atom is -0.387 e. The van der Waals surface area contributed by atoms with Gasteiger partial charge in [-0.25, -0.2) is 23.6 Å². The lowest BCUT2D eigenvalue weighted by molar-refractivity contribution is -0.0802. The summed E-state index contributed by atoms with van der Waals surface area (Å²) in [6, 6.07) is 18.3. The Bertz CT molecular complexity index is 2850. The number of ether oxygens (including phenoxy) is 4. The van der Waals surface area contributed by atoms with E-state index in [2.05, 4.69) is 27.1 Å². The molecule has 0 aliphatic carbocycles. The third kappa shape index (κ3) is 14.6. The number of hydrogen-bond donors (Lipinski definition) is 6. The molecule has 2 saturated heterocycles. The van der Waals surface area contributed by atoms with Gasteiger partial charge in [-0.05, 0) is 54.4 Å². The highest BCUT2D eigenvalue weighted by molar-refractivity contribution is 7.48. The molecule has 0 amide bonds. The molecule has 8 N–H and O–H groups in total. The van der Waals surface area contributed by atoms with Gasteiger partial charge in [-0.2, -0.15) is 31.2 Å². The molecule has 424 valence electrons. The molecule has 2 fully saturated rings. The molecule has 79 heavy (non-hydrogen) atoms. The maximum Gasteiger partial charge on any atom is 0.475 e. The lowest BCUT2D eigenvalue weighted by Gasteiger charge is -2.26. The second-order valence-corrected chi connectivity index (χ2v) is 21.7. The number of unbranched alkanes of at least 4 members (excludes halogenated alkanes) is 15. The molecule has 6 heterocycles. The summed E-state index contributed by atoms with van der Waals surface area (Å²) in [5.41, 5.74) is 8.98. The number of aliphatic hydroxyl groups is 4. The van der Waals surface area contributed by atoms with Gasteiger partial charge >= 0.3 is 7.82 Å². The number of aliphatic hydroxyl groups excluding tert-OH is 4. The maximum absolute atomic E-state index is 15.0. The number of rotatable bonds is 33. The first-order chi connectivity index (χ1) is 38.3. The first kappa shape index (κ1) is 60.5. The first-order valence-corrected chi connectivity index (χ1v) is 28.5. The summed E-state index contributed by atoms with van der Waals surface area (Å²) >= 11 is 0. The number of nitriles is 4. The normalized spacial score (nSPS) is 23.4. The zero-order chi connectivity index (χ0) is 56.4. The van der Waals surface area contributed by atoms with E-state index in [0.29, 0.717) is 12.2 Å². The standard InChI is InChI=1S/C54H71N12O12P/c1-2-3-4-5-6-7-8-9-10-11-12-13-14-15-16-17-22-72-29-40(73-28-39-24-37(26-55)23-38(25-39)27-56)30-74-79(71,75-31-43-47(67)49(69)53(33-57,77-43)45-20-18-41-51(59)61-35-63-65(41)45)76-32-44-48(68)50(70)54(34-58,78-44)46-21-19-42-52(60)62-36-64-66(42)46/h18-21,23-25,35-36,40,43-44,47-50,67-70H,2-17,22,28-32H2,1H3,(H2,59,61,63)(H2,60,62,64)/t40-,43-,44-,47-,48-,49-,50-,53+,54+/m1/s1. The van der Waals surface area contributed by atoms with Crippen LogP contribution in [-0.4, -0.2) is 125 Å². The van der Waals surface area contributed by atoms with Crippen LogP contribution in [0, 0.1) is 45.3 Å². The first-order valence-electron chi connectivity index (χ1n) is 27.0. The van der Waals surface area contributed by atoms with Gasteiger partial charge in [-0.3, -0.25) is 13.6 Å². The number of benzene rings is 1. The van der Waals surface area contributed by atoms with Crippen LogP contribution in [0.3, 0.4) is 0 Å². The summed E-state index contributed by atoms with van der Waals surface area (Å²) in [6.45, 7) is 0.133. The number of hydrogen-bond acceptors (Lipinski definition) is 22. The van der Waals surface area contributed by atoms with E-state index in [-0.39, 0.29) is 58.4 Å². The third-order valence-electron chi connectivity index (χ3n) is 14.4. The molecule has 5 aromatic rings. The maximum atomic E-state index is 15.0. The van der Waals surface area contributed by atoms with Crippen molar-refractivity contribution < 1.29 is 57.5 Å². The Balaban J connectivity index is 1.03. The molecule has 0 saturated carbocycles. The molecule has 4 aromatic heterocycles. The molecule has 2 aliphatic heterocycles. The fourth-order valence-corrected chi connectivity index (χ4v) is 11.2. The van der Waals surface area contributed by atoms with E-state index in [4.69, 9.17) is 44.0 Å². The fraction of sp³-hybridized carbons (Fsp3) is 0.593. The molecule has 0 spiro atoms. The van der Waals surface area contributed by atoms with E-state index in [1.54, 1.807) is 12.1 Å². The van der Waals surface area contributed by atoms with Gasteiger partial charge in [0.1, 0.15) is 78.6 Å². The Hall–Kier alpha value is -6.19. The van der Waals surface area contributed by atoms with Gasteiger partial charge in [0.05, 0.1) is 67.7 Å². The molecule has 9 atom stereocenters. The Morgan fingerprint density at radius 3 is 1.52 bits per heavy atom. The van der Waals surface area contributed by atoms with E-state index in [0.717, 1.165) is 38.3 Å². The Morgan fingerprint density at radius 2 is 1.09 bits per heavy atom. The van der Waals surface area contributed by atoms with Gasteiger partial charge in [0, 0.05) is 6.61 Å². The van der Waals surface area contributed by atoms with Crippen molar-refractivity contribution in [2.24, 2.45) is 0 Å². The number of aromatic nitrogens is 6. The van der Waals surface area contributed by atoms with E-state index in [1.165, 1.54) is 116 Å². The van der Waals surface area contributed by atoms with Crippen LogP contribution in [0.4, 0.5) is 11.6 Å². The van der Waals surface area contributed by atoms with E-state index in [1.807, 2.05) is 24.3 Å². The summed E-state index contributed by atoms with van der Waals surface area (Å²) in [6.07, 6.45) is 10.0. The lowest BCUT2D eigenvalue weighted by atomic mass is 9.92. The second kappa shape index (κ2) is 28.8. The minimum atomic E-state index is -5.00. The molecule has 2 aliphatic rings. The Morgan fingerprint density at radius 1 is 0.646 bits per heavy atom. The van der Waals surface area contributed by atoms with Gasteiger partial charge in [-0.15, -0.1) is 0 Å². The van der Waals surface area contributed by atoms with Gasteiger partial charge in [0.15, 0.2) is 11.6 Å². The van der Waals surface area contributed by atoms with Crippen LogP contribution in [0.5, 0.6) is 0 Å². The minimum absolute atomic E-state index is 0.0116.